The number of phosphoric ester groups is 1. The molecule has 0 aliphatic heterocycles. The number of nitrogens with zero attached hydrogens (tertiary/aromatic N) is 1. The van der Waals surface area contributed by atoms with Crippen LogP contribution in [0.2, 0.25) is 0 Å². The first-order chi connectivity index (χ1) is 37.0. The van der Waals surface area contributed by atoms with Gasteiger partial charge in [-0.25, -0.2) is 4.57 Å². The Hall–Kier alpha value is -2.06. The normalized spacial score (nSPS) is 14.2. The highest BCUT2D eigenvalue weighted by Crippen LogP contribution is 2.43. The maximum Gasteiger partial charge on any atom is 0.472 e. The van der Waals surface area contributed by atoms with Crippen molar-refractivity contribution in [3.63, 3.8) is 0 Å². The molecule has 0 aromatic rings. The van der Waals surface area contributed by atoms with Gasteiger partial charge in [-0.3, -0.25) is 13.8 Å². The van der Waals surface area contributed by atoms with Gasteiger partial charge < -0.3 is 19.8 Å². The molecule has 3 atom stereocenters. The van der Waals surface area contributed by atoms with E-state index in [0.29, 0.717) is 17.4 Å². The number of quaternary nitrogens is 1. The van der Waals surface area contributed by atoms with E-state index in [1.54, 1.807) is 6.08 Å². The molecule has 0 radical (unpaired) electrons. The average Bonchev–Trinajstić information content (AvgIpc) is 3.38. The van der Waals surface area contributed by atoms with Crippen molar-refractivity contribution in [2.24, 2.45) is 0 Å². The van der Waals surface area contributed by atoms with Gasteiger partial charge >= 0.3 is 7.82 Å². The summed E-state index contributed by atoms with van der Waals surface area (Å²) in [6, 6.07) is -0.876. The van der Waals surface area contributed by atoms with Crippen molar-refractivity contribution in [1.29, 1.82) is 0 Å². The Morgan fingerprint density at radius 2 is 0.763 bits per heavy atom. The number of carbonyl (C=O) groups excluding carboxylic acids is 1. The summed E-state index contributed by atoms with van der Waals surface area (Å²) in [6.45, 7) is 4.80. The largest absolute Gasteiger partial charge is 0.472 e. The quantitative estimate of drug-likeness (QED) is 0.0243. The molecule has 0 aromatic carbocycles. The van der Waals surface area contributed by atoms with Gasteiger partial charge in [0.2, 0.25) is 5.91 Å². The lowest BCUT2D eigenvalue weighted by molar-refractivity contribution is -0.870. The molecule has 0 aliphatic carbocycles. The lowest BCUT2D eigenvalue weighted by atomic mass is 10.0. The number of amides is 1. The molecule has 0 fully saturated rings. The number of rotatable bonds is 59. The van der Waals surface area contributed by atoms with Crippen LogP contribution in [-0.2, 0) is 18.4 Å². The molecule has 0 spiro atoms. The van der Waals surface area contributed by atoms with Crippen LogP contribution in [0, 0.1) is 0 Å². The summed E-state index contributed by atoms with van der Waals surface area (Å²) in [5, 5.41) is 14.0. The SMILES string of the molecule is CCCCCCC/C=C\C/C=C\C/C=C\CCCCCCCCCCCCCCC(=O)NC(COP(=O)(O)OCC[N+](C)(C)C)C(O)/C=C/CC/C=C/CC/C=C/CCCCCCCCCCCCCCCCCCC. The number of likely N-dealkylation sites (N-methyl/N-ethyl adjacent to an activating group) is 1. The first-order valence-corrected chi connectivity index (χ1v) is 33.8. The van der Waals surface area contributed by atoms with Crippen molar-refractivity contribution >= 4 is 13.7 Å². The molecule has 1 amide bonds. The van der Waals surface area contributed by atoms with E-state index < -0.39 is 20.0 Å². The van der Waals surface area contributed by atoms with Crippen molar-refractivity contribution in [3.05, 3.63) is 72.9 Å². The summed E-state index contributed by atoms with van der Waals surface area (Å²) in [5.41, 5.74) is 0. The first-order valence-electron chi connectivity index (χ1n) is 32.3. The predicted octanol–water partition coefficient (Wildman–Crippen LogP) is 20.2. The lowest BCUT2D eigenvalue weighted by Gasteiger charge is -2.25. The zero-order valence-electron chi connectivity index (χ0n) is 50.7. The fourth-order valence-corrected chi connectivity index (χ4v) is 10.1. The summed E-state index contributed by atoms with van der Waals surface area (Å²) < 4.78 is 23.7. The van der Waals surface area contributed by atoms with Crippen LogP contribution in [0.3, 0.4) is 0 Å². The third-order valence-electron chi connectivity index (χ3n) is 14.4. The van der Waals surface area contributed by atoms with E-state index >= 15 is 0 Å². The van der Waals surface area contributed by atoms with Crippen LogP contribution in [0.15, 0.2) is 72.9 Å². The van der Waals surface area contributed by atoms with Crippen LogP contribution in [-0.4, -0.2) is 73.4 Å². The molecule has 8 nitrogen and oxygen atoms in total. The van der Waals surface area contributed by atoms with E-state index in [-0.39, 0.29) is 19.1 Å². The molecule has 3 unspecified atom stereocenters. The van der Waals surface area contributed by atoms with E-state index in [9.17, 15) is 19.4 Å². The molecule has 0 aliphatic rings. The molecule has 0 rings (SSSR count). The molecule has 0 saturated heterocycles. The van der Waals surface area contributed by atoms with Crippen LogP contribution < -0.4 is 5.32 Å². The zero-order valence-corrected chi connectivity index (χ0v) is 51.6. The van der Waals surface area contributed by atoms with Gasteiger partial charge in [-0.15, -0.1) is 0 Å². The molecule has 0 saturated carbocycles. The van der Waals surface area contributed by atoms with Crippen LogP contribution in [0.5, 0.6) is 0 Å². The minimum atomic E-state index is -4.37. The number of aliphatic hydroxyl groups is 1. The summed E-state index contributed by atoms with van der Waals surface area (Å²) in [4.78, 5) is 23.4. The molecule has 9 heteroatoms. The number of aliphatic hydroxyl groups excluding tert-OH is 1. The van der Waals surface area contributed by atoms with Crippen LogP contribution in [0.4, 0.5) is 0 Å². The Balaban J connectivity index is 4.22. The highest BCUT2D eigenvalue weighted by molar-refractivity contribution is 7.47. The lowest BCUT2D eigenvalue weighted by Crippen LogP contribution is -2.45. The zero-order chi connectivity index (χ0) is 55.6. The van der Waals surface area contributed by atoms with Gasteiger partial charge in [0.05, 0.1) is 39.9 Å². The van der Waals surface area contributed by atoms with Crippen LogP contribution >= 0.6 is 7.82 Å². The Kier molecular flexibility index (Phi) is 56.1. The van der Waals surface area contributed by atoms with E-state index in [0.717, 1.165) is 57.8 Å². The Bertz CT molecular complexity index is 1470. The Morgan fingerprint density at radius 1 is 0.447 bits per heavy atom. The summed E-state index contributed by atoms with van der Waals surface area (Å²) in [6.07, 6.45) is 80.3. The highest BCUT2D eigenvalue weighted by atomic mass is 31.2. The van der Waals surface area contributed by atoms with E-state index in [1.165, 1.54) is 218 Å². The second-order valence-electron chi connectivity index (χ2n) is 23.1. The maximum atomic E-state index is 13.0. The minimum absolute atomic E-state index is 0.0510. The number of nitrogens with one attached hydrogen (secondary N) is 1. The number of hydrogen-bond donors (Lipinski definition) is 3. The molecule has 0 aromatic heterocycles. The van der Waals surface area contributed by atoms with E-state index in [2.05, 4.69) is 79.9 Å². The smallest absolute Gasteiger partial charge is 0.387 e. The van der Waals surface area contributed by atoms with Crippen LogP contribution in [0.25, 0.3) is 0 Å². The van der Waals surface area contributed by atoms with Gasteiger partial charge in [0.25, 0.3) is 0 Å². The molecule has 3 N–H and O–H groups in total. The molecular formula is C67H126N2O6P+. The van der Waals surface area contributed by atoms with Crippen molar-refractivity contribution in [3.8, 4) is 0 Å². The monoisotopic (exact) mass is 1090 g/mol. The molecular weight excluding hydrogens is 960 g/mol. The van der Waals surface area contributed by atoms with Crippen LogP contribution in [0.1, 0.15) is 296 Å². The minimum Gasteiger partial charge on any atom is -0.387 e. The Morgan fingerprint density at radius 3 is 1.14 bits per heavy atom. The number of hydrogen-bond acceptors (Lipinski definition) is 5. The van der Waals surface area contributed by atoms with Crippen molar-refractivity contribution in [2.45, 2.75) is 309 Å². The van der Waals surface area contributed by atoms with Crippen molar-refractivity contribution in [2.75, 3.05) is 40.9 Å². The van der Waals surface area contributed by atoms with Gasteiger partial charge in [-0.2, -0.15) is 0 Å². The van der Waals surface area contributed by atoms with Gasteiger partial charge in [0.15, 0.2) is 0 Å². The highest BCUT2D eigenvalue weighted by Gasteiger charge is 2.27. The van der Waals surface area contributed by atoms with E-state index in [4.69, 9.17) is 9.05 Å². The average molecular weight is 1090 g/mol. The second kappa shape index (κ2) is 57.6. The van der Waals surface area contributed by atoms with E-state index in [1.807, 2.05) is 27.2 Å². The first kappa shape index (κ1) is 73.9. The third-order valence-corrected chi connectivity index (χ3v) is 15.4. The fraction of sp³-hybridized carbons (Fsp3) is 0.806. The molecule has 444 valence electrons. The fourth-order valence-electron chi connectivity index (χ4n) is 9.32. The Labute approximate surface area is 472 Å². The summed E-state index contributed by atoms with van der Waals surface area (Å²) in [5.74, 6) is -0.192. The topological polar surface area (TPSA) is 105 Å². The number of carbonyl (C=O) groups is 1. The maximum absolute atomic E-state index is 13.0. The molecule has 0 heterocycles. The van der Waals surface area contributed by atoms with Crippen molar-refractivity contribution < 1.29 is 32.9 Å². The molecule has 0 bridgehead atoms. The van der Waals surface area contributed by atoms with Gasteiger partial charge in [-0.05, 0) is 83.5 Å². The number of allylic oxidation sites excluding steroid dienone is 11. The van der Waals surface area contributed by atoms with Crippen molar-refractivity contribution in [1.82, 2.24) is 5.32 Å². The second-order valence-corrected chi connectivity index (χ2v) is 24.6. The van der Waals surface area contributed by atoms with Gasteiger partial charge in [-0.1, -0.05) is 279 Å². The summed E-state index contributed by atoms with van der Waals surface area (Å²) >= 11 is 0. The predicted molar refractivity (Wildman–Crippen MR) is 332 cm³/mol. The number of unbranched alkanes of at least 4 members (excludes halogenated alkanes) is 36. The third kappa shape index (κ3) is 59.6. The molecule has 76 heavy (non-hydrogen) atoms. The van der Waals surface area contributed by atoms with Gasteiger partial charge in [0.1, 0.15) is 13.2 Å². The number of phosphoric acid groups is 1. The standard InChI is InChI=1S/C67H125N2O6P/c1-6-8-10-12-14-16-18-20-22-24-26-28-30-32-34-36-38-40-42-44-46-48-50-52-54-56-58-60-66(70)65(64-75-76(72,73)74-63-62-69(3,4)5)68-67(71)61-59-57-55-53-51-49-47-45-43-41-39-37-35-33-31-29-27-25-23-21-19-17-15-13-11-9-7-2/h19,21,25,27,31,33,42,44,50,52,58,60,65-66,70H,6-18,20,22-24,26,28-30,32,34-41,43,45-49,51,53-57,59,61-64H2,1-5H3,(H-,68,71,72,73)/p+1/b21-19-,27-25-,33-31-,44-42+,52-50+,60-58+. The summed E-state index contributed by atoms with van der Waals surface area (Å²) in [7, 11) is 1.55. The van der Waals surface area contributed by atoms with Gasteiger partial charge in [0, 0.05) is 6.42 Å².